The van der Waals surface area contributed by atoms with Crippen molar-refractivity contribution in [1.29, 1.82) is 0 Å². The molecule has 1 unspecified atom stereocenters. The number of fused-ring (bicyclic) bond motifs is 1. The molecular weight excluding hydrogens is 220 g/mol. The van der Waals surface area contributed by atoms with E-state index in [2.05, 4.69) is 24.5 Å². The van der Waals surface area contributed by atoms with Crippen molar-refractivity contribution in [1.82, 2.24) is 0 Å². The van der Waals surface area contributed by atoms with Gasteiger partial charge < -0.3 is 20.2 Å². The van der Waals surface area contributed by atoms with Gasteiger partial charge in [-0.25, -0.2) is 4.79 Å². The number of carboxylic acids is 1. The van der Waals surface area contributed by atoms with E-state index in [0.717, 1.165) is 25.1 Å². The highest BCUT2D eigenvalue weighted by atomic mass is 16.4. The lowest BCUT2D eigenvalue weighted by molar-refractivity contribution is 0.0663. The third-order valence-electron chi connectivity index (χ3n) is 3.45. The van der Waals surface area contributed by atoms with Gasteiger partial charge in [-0.05, 0) is 5.92 Å². The standard InChI is InChI=1S/C12H18N2O3/c1-3-7(4-2)8-5-13-9-6-17-11(12(15)16)10(9)14-8/h6-8,13-14H,3-5H2,1-2H3,(H,15,16). The van der Waals surface area contributed by atoms with Gasteiger partial charge in [-0.3, -0.25) is 0 Å². The van der Waals surface area contributed by atoms with Gasteiger partial charge in [-0.2, -0.15) is 0 Å². The Morgan fingerprint density at radius 2 is 2.29 bits per heavy atom. The van der Waals surface area contributed by atoms with E-state index in [4.69, 9.17) is 9.52 Å². The minimum Gasteiger partial charge on any atom is -0.475 e. The third-order valence-corrected chi connectivity index (χ3v) is 3.45. The predicted octanol–water partition coefficient (Wildman–Crippen LogP) is 2.62. The van der Waals surface area contributed by atoms with E-state index in [-0.39, 0.29) is 11.8 Å². The van der Waals surface area contributed by atoms with Gasteiger partial charge in [0.25, 0.3) is 0 Å². The summed E-state index contributed by atoms with van der Waals surface area (Å²) in [4.78, 5) is 11.0. The average Bonchev–Trinajstić information content (AvgIpc) is 2.73. The van der Waals surface area contributed by atoms with E-state index in [1.165, 1.54) is 6.26 Å². The summed E-state index contributed by atoms with van der Waals surface area (Å²) in [6.07, 6.45) is 3.60. The van der Waals surface area contributed by atoms with E-state index < -0.39 is 5.97 Å². The van der Waals surface area contributed by atoms with Crippen molar-refractivity contribution in [2.45, 2.75) is 32.7 Å². The predicted molar refractivity (Wildman–Crippen MR) is 65.6 cm³/mol. The molecule has 5 heteroatoms. The van der Waals surface area contributed by atoms with Crippen LogP contribution in [0.15, 0.2) is 10.7 Å². The minimum absolute atomic E-state index is 0.0110. The Hall–Kier alpha value is -1.65. The lowest BCUT2D eigenvalue weighted by Crippen LogP contribution is -2.38. The molecule has 0 bridgehead atoms. The van der Waals surface area contributed by atoms with Gasteiger partial charge in [-0.15, -0.1) is 0 Å². The molecule has 2 rings (SSSR count). The van der Waals surface area contributed by atoms with E-state index in [1.54, 1.807) is 0 Å². The van der Waals surface area contributed by atoms with E-state index >= 15 is 0 Å². The van der Waals surface area contributed by atoms with E-state index in [9.17, 15) is 4.79 Å². The number of carbonyl (C=O) groups is 1. The van der Waals surface area contributed by atoms with Crippen LogP contribution in [0.4, 0.5) is 11.4 Å². The maximum atomic E-state index is 11.0. The number of hydrogen-bond donors (Lipinski definition) is 3. The summed E-state index contributed by atoms with van der Waals surface area (Å²) in [5.41, 5.74) is 1.32. The zero-order valence-corrected chi connectivity index (χ0v) is 10.1. The molecule has 1 aromatic heterocycles. The second kappa shape index (κ2) is 4.69. The lowest BCUT2D eigenvalue weighted by Gasteiger charge is -2.31. The largest absolute Gasteiger partial charge is 0.475 e. The molecule has 0 radical (unpaired) electrons. The van der Waals surface area contributed by atoms with Crippen LogP contribution in [0.3, 0.4) is 0 Å². The van der Waals surface area contributed by atoms with Crippen molar-refractivity contribution in [3.8, 4) is 0 Å². The number of anilines is 2. The molecular formula is C12H18N2O3. The summed E-state index contributed by atoms with van der Waals surface area (Å²) in [5, 5.41) is 15.5. The van der Waals surface area contributed by atoms with Gasteiger partial charge in [0.2, 0.25) is 5.76 Å². The molecule has 0 spiro atoms. The zero-order chi connectivity index (χ0) is 12.4. The number of carboxylic acid groups (broad SMARTS) is 1. The van der Waals surface area contributed by atoms with Crippen LogP contribution < -0.4 is 10.6 Å². The molecule has 1 atom stereocenters. The Kier molecular flexibility index (Phi) is 3.26. The molecule has 1 aliphatic rings. The van der Waals surface area contributed by atoms with Crippen LogP contribution in [0.25, 0.3) is 0 Å². The molecule has 1 aromatic rings. The normalized spacial score (nSPS) is 18.4. The zero-order valence-electron chi connectivity index (χ0n) is 10.1. The minimum atomic E-state index is -1.04. The van der Waals surface area contributed by atoms with Gasteiger partial charge in [0.05, 0.1) is 5.69 Å². The molecule has 5 nitrogen and oxygen atoms in total. The Morgan fingerprint density at radius 3 is 2.88 bits per heavy atom. The Labute approximate surface area is 100 Å². The number of hydrogen-bond acceptors (Lipinski definition) is 4. The van der Waals surface area contributed by atoms with Crippen molar-refractivity contribution >= 4 is 17.3 Å². The second-order valence-electron chi connectivity index (χ2n) is 4.37. The molecule has 0 fully saturated rings. The van der Waals surface area contributed by atoms with E-state index in [0.29, 0.717) is 11.6 Å². The van der Waals surface area contributed by atoms with E-state index in [1.807, 2.05) is 0 Å². The fourth-order valence-corrected chi connectivity index (χ4v) is 2.39. The quantitative estimate of drug-likeness (QED) is 0.751. The fourth-order valence-electron chi connectivity index (χ4n) is 2.39. The highest BCUT2D eigenvalue weighted by molar-refractivity contribution is 5.95. The third kappa shape index (κ3) is 2.09. The molecule has 0 aromatic carbocycles. The number of furan rings is 1. The Morgan fingerprint density at radius 1 is 1.59 bits per heavy atom. The van der Waals surface area contributed by atoms with Crippen LogP contribution in [0.5, 0.6) is 0 Å². The van der Waals surface area contributed by atoms with Gasteiger partial charge in [0.15, 0.2) is 0 Å². The first-order valence-electron chi connectivity index (χ1n) is 6.02. The average molecular weight is 238 g/mol. The molecule has 17 heavy (non-hydrogen) atoms. The van der Waals surface area contributed by atoms with Crippen LogP contribution >= 0.6 is 0 Å². The summed E-state index contributed by atoms with van der Waals surface area (Å²) in [7, 11) is 0. The molecule has 94 valence electrons. The summed E-state index contributed by atoms with van der Waals surface area (Å²) in [6.45, 7) is 5.11. The summed E-state index contributed by atoms with van der Waals surface area (Å²) >= 11 is 0. The smallest absolute Gasteiger partial charge is 0.374 e. The molecule has 2 heterocycles. The van der Waals surface area contributed by atoms with Crippen molar-refractivity contribution < 1.29 is 14.3 Å². The first-order chi connectivity index (χ1) is 8.17. The Balaban J connectivity index is 2.22. The van der Waals surface area contributed by atoms with Crippen molar-refractivity contribution in [2.24, 2.45) is 5.92 Å². The number of aromatic carboxylic acids is 1. The highest BCUT2D eigenvalue weighted by Crippen LogP contribution is 2.34. The number of nitrogens with one attached hydrogen (secondary N) is 2. The monoisotopic (exact) mass is 238 g/mol. The van der Waals surface area contributed by atoms with Gasteiger partial charge in [0.1, 0.15) is 12.0 Å². The molecule has 0 amide bonds. The summed E-state index contributed by atoms with van der Waals surface area (Å²) in [5.74, 6) is -0.513. The summed E-state index contributed by atoms with van der Waals surface area (Å²) < 4.78 is 5.05. The van der Waals surface area contributed by atoms with Gasteiger partial charge in [-0.1, -0.05) is 26.7 Å². The van der Waals surface area contributed by atoms with Crippen LogP contribution in [-0.4, -0.2) is 23.7 Å². The van der Waals surface area contributed by atoms with Crippen LogP contribution in [0.1, 0.15) is 37.2 Å². The summed E-state index contributed by atoms with van der Waals surface area (Å²) in [6, 6.07) is 0.258. The Bertz CT molecular complexity index is 410. The van der Waals surface area contributed by atoms with Gasteiger partial charge in [0, 0.05) is 12.6 Å². The number of rotatable bonds is 4. The molecule has 0 saturated heterocycles. The maximum absolute atomic E-state index is 11.0. The van der Waals surface area contributed by atoms with Crippen LogP contribution in [0.2, 0.25) is 0 Å². The van der Waals surface area contributed by atoms with Crippen LogP contribution in [0, 0.1) is 5.92 Å². The highest BCUT2D eigenvalue weighted by Gasteiger charge is 2.29. The van der Waals surface area contributed by atoms with Crippen molar-refractivity contribution in [2.75, 3.05) is 17.2 Å². The first-order valence-corrected chi connectivity index (χ1v) is 6.02. The SMILES string of the molecule is CCC(CC)C1CNc2coc(C(=O)O)c2N1. The molecule has 1 aliphatic heterocycles. The van der Waals surface area contributed by atoms with Crippen LogP contribution in [-0.2, 0) is 0 Å². The molecule has 3 N–H and O–H groups in total. The van der Waals surface area contributed by atoms with Crippen molar-refractivity contribution in [3.05, 3.63) is 12.0 Å². The molecule has 0 saturated carbocycles. The fraction of sp³-hybridized carbons (Fsp3) is 0.583. The maximum Gasteiger partial charge on any atom is 0.374 e. The topological polar surface area (TPSA) is 74.5 Å². The van der Waals surface area contributed by atoms with Crippen molar-refractivity contribution in [3.63, 3.8) is 0 Å². The lowest BCUT2D eigenvalue weighted by atomic mass is 9.92. The van der Waals surface area contributed by atoms with Gasteiger partial charge >= 0.3 is 5.97 Å². The first kappa shape index (κ1) is 11.8. The molecule has 0 aliphatic carbocycles. The second-order valence-corrected chi connectivity index (χ2v) is 4.37.